The summed E-state index contributed by atoms with van der Waals surface area (Å²) in [5.41, 5.74) is 10.9. The Morgan fingerprint density at radius 3 is 2.50 bits per heavy atom. The van der Waals surface area contributed by atoms with Crippen LogP contribution in [0.2, 0.25) is 0 Å². The van der Waals surface area contributed by atoms with E-state index in [-0.39, 0.29) is 6.04 Å². The maximum atomic E-state index is 5.52. The van der Waals surface area contributed by atoms with Crippen molar-refractivity contribution in [1.29, 1.82) is 0 Å². The van der Waals surface area contributed by atoms with E-state index in [1.165, 1.54) is 0 Å². The van der Waals surface area contributed by atoms with E-state index in [1.807, 2.05) is 6.92 Å². The van der Waals surface area contributed by atoms with Gasteiger partial charge in [0.1, 0.15) is 0 Å². The van der Waals surface area contributed by atoms with Crippen molar-refractivity contribution in [2.45, 2.75) is 19.0 Å². The lowest BCUT2D eigenvalue weighted by Gasteiger charge is -2.15. The van der Waals surface area contributed by atoms with E-state index in [9.17, 15) is 0 Å². The number of hydrogen-bond donors (Lipinski definition) is 4. The number of thiol groups is 1. The minimum atomic E-state index is 0.189. The smallest absolute Gasteiger partial charge is 0.0278 e. The summed E-state index contributed by atoms with van der Waals surface area (Å²) in [6, 6.07) is 0.489. The average Bonchev–Trinajstić information content (AvgIpc) is 1.90. The molecule has 62 valence electrons. The number of nitrogens with two attached hydrogens (primary N) is 2. The molecule has 0 spiro atoms. The fourth-order valence-corrected chi connectivity index (χ4v) is 0.853. The van der Waals surface area contributed by atoms with Gasteiger partial charge in [0.2, 0.25) is 0 Å². The van der Waals surface area contributed by atoms with Crippen LogP contribution in [0, 0.1) is 0 Å². The predicted octanol–water partition coefficient (Wildman–Crippen LogP) is -0.820. The van der Waals surface area contributed by atoms with Gasteiger partial charge in [-0.3, -0.25) is 0 Å². The molecule has 5 N–H and O–H groups in total. The molecule has 0 heterocycles. The molecule has 2 atom stereocenters. The topological polar surface area (TPSA) is 64.1 Å². The summed E-state index contributed by atoms with van der Waals surface area (Å²) in [6.45, 7) is 3.39. The molecule has 3 nitrogen and oxygen atoms in total. The fraction of sp³-hybridized carbons (Fsp3) is 1.00. The molecule has 0 rings (SSSR count). The number of nitrogens with one attached hydrogen (secondary N) is 1. The van der Waals surface area contributed by atoms with E-state index in [1.54, 1.807) is 0 Å². The Balaban J connectivity index is 3.26. The third kappa shape index (κ3) is 5.05. The third-order valence-corrected chi connectivity index (χ3v) is 1.67. The van der Waals surface area contributed by atoms with Gasteiger partial charge in [0.15, 0.2) is 0 Å². The molecule has 0 amide bonds. The second-order valence-corrected chi connectivity index (χ2v) is 2.87. The first kappa shape index (κ1) is 10.2. The van der Waals surface area contributed by atoms with Gasteiger partial charge in [0.05, 0.1) is 0 Å². The Morgan fingerprint density at radius 1 is 1.60 bits per heavy atom. The first-order valence-electron chi connectivity index (χ1n) is 3.50. The Labute approximate surface area is 67.9 Å². The van der Waals surface area contributed by atoms with Gasteiger partial charge < -0.3 is 16.8 Å². The Hall–Kier alpha value is 0.230. The molecule has 4 heteroatoms. The summed E-state index contributed by atoms with van der Waals surface area (Å²) >= 11 is 4.11. The highest BCUT2D eigenvalue weighted by molar-refractivity contribution is 7.80. The third-order valence-electron chi connectivity index (χ3n) is 1.23. The maximum absolute atomic E-state index is 5.52. The van der Waals surface area contributed by atoms with Crippen LogP contribution in [-0.2, 0) is 0 Å². The van der Waals surface area contributed by atoms with E-state index < -0.39 is 0 Å². The van der Waals surface area contributed by atoms with Crippen LogP contribution in [0.4, 0.5) is 0 Å². The molecule has 0 aromatic carbocycles. The van der Waals surface area contributed by atoms with Crippen LogP contribution in [0.5, 0.6) is 0 Å². The van der Waals surface area contributed by atoms with Gasteiger partial charge in [-0.25, -0.2) is 0 Å². The Bertz CT molecular complexity index is 73.4. The Morgan fingerprint density at radius 2 is 2.20 bits per heavy atom. The first-order valence-corrected chi connectivity index (χ1v) is 4.13. The molecule has 0 radical (unpaired) electrons. The quantitative estimate of drug-likeness (QED) is 0.400. The zero-order chi connectivity index (χ0) is 7.98. The summed E-state index contributed by atoms with van der Waals surface area (Å²) in [5.74, 6) is 0.767. The minimum Gasteiger partial charge on any atom is -0.329 e. The Kier molecular flexibility index (Phi) is 6.11. The minimum absolute atomic E-state index is 0.189. The van der Waals surface area contributed by atoms with Gasteiger partial charge >= 0.3 is 0 Å². The predicted molar refractivity (Wildman–Crippen MR) is 48.3 cm³/mol. The highest BCUT2D eigenvalue weighted by Crippen LogP contribution is 1.84. The molecule has 0 aliphatic heterocycles. The van der Waals surface area contributed by atoms with Crippen LogP contribution >= 0.6 is 12.6 Å². The van der Waals surface area contributed by atoms with E-state index in [4.69, 9.17) is 11.5 Å². The van der Waals surface area contributed by atoms with Crippen molar-refractivity contribution in [3.05, 3.63) is 0 Å². The van der Waals surface area contributed by atoms with E-state index in [0.717, 1.165) is 12.3 Å². The molecule has 0 fully saturated rings. The number of hydrogen-bond acceptors (Lipinski definition) is 4. The maximum Gasteiger partial charge on any atom is 0.0278 e. The zero-order valence-corrected chi connectivity index (χ0v) is 7.27. The fourth-order valence-electron chi connectivity index (χ4n) is 0.575. The van der Waals surface area contributed by atoms with Crippen LogP contribution in [0.1, 0.15) is 6.92 Å². The van der Waals surface area contributed by atoms with Gasteiger partial charge in [0, 0.05) is 30.9 Å². The van der Waals surface area contributed by atoms with Crippen LogP contribution in [0.3, 0.4) is 0 Å². The molecule has 0 aromatic rings. The monoisotopic (exact) mass is 163 g/mol. The van der Waals surface area contributed by atoms with E-state index in [0.29, 0.717) is 12.6 Å². The lowest BCUT2D eigenvalue weighted by Crippen LogP contribution is -2.43. The lowest BCUT2D eigenvalue weighted by molar-refractivity contribution is 0.529. The largest absolute Gasteiger partial charge is 0.329 e. The van der Waals surface area contributed by atoms with E-state index in [2.05, 4.69) is 17.9 Å². The molecule has 0 bridgehead atoms. The van der Waals surface area contributed by atoms with Gasteiger partial charge in [-0.2, -0.15) is 12.6 Å². The van der Waals surface area contributed by atoms with Crippen molar-refractivity contribution in [3.63, 3.8) is 0 Å². The summed E-state index contributed by atoms with van der Waals surface area (Å²) in [7, 11) is 0. The van der Waals surface area contributed by atoms with Crippen LogP contribution in [0.15, 0.2) is 0 Å². The molecular formula is C6H17N3S. The molecular weight excluding hydrogens is 146 g/mol. The standard InChI is InChI=1S/C6H17N3S/c1-5(8)3-9-6(2-7)4-10/h5-6,9-10H,2-4,7-8H2,1H3/t5-,6+/m1/s1. The van der Waals surface area contributed by atoms with Gasteiger partial charge in [-0.1, -0.05) is 0 Å². The first-order chi connectivity index (χ1) is 4.70. The summed E-state index contributed by atoms with van der Waals surface area (Å²) in [4.78, 5) is 0. The molecule has 0 aliphatic rings. The van der Waals surface area contributed by atoms with Crippen LogP contribution < -0.4 is 16.8 Å². The van der Waals surface area contributed by atoms with Crippen molar-refractivity contribution < 1.29 is 0 Å². The van der Waals surface area contributed by atoms with E-state index >= 15 is 0 Å². The summed E-state index contributed by atoms with van der Waals surface area (Å²) in [5, 5.41) is 3.19. The molecule has 0 saturated carbocycles. The van der Waals surface area contributed by atoms with Crippen molar-refractivity contribution in [2.24, 2.45) is 11.5 Å². The van der Waals surface area contributed by atoms with Crippen LogP contribution in [0.25, 0.3) is 0 Å². The summed E-state index contributed by atoms with van der Waals surface area (Å²) in [6.07, 6.45) is 0. The highest BCUT2D eigenvalue weighted by Gasteiger charge is 2.02. The average molecular weight is 163 g/mol. The summed E-state index contributed by atoms with van der Waals surface area (Å²) < 4.78 is 0. The van der Waals surface area contributed by atoms with Crippen molar-refractivity contribution in [2.75, 3.05) is 18.8 Å². The van der Waals surface area contributed by atoms with Crippen molar-refractivity contribution in [3.8, 4) is 0 Å². The lowest BCUT2D eigenvalue weighted by atomic mass is 10.3. The molecule has 0 aromatic heterocycles. The molecule has 10 heavy (non-hydrogen) atoms. The molecule has 0 aliphatic carbocycles. The molecule has 0 unspecified atom stereocenters. The van der Waals surface area contributed by atoms with Gasteiger partial charge in [-0.05, 0) is 6.92 Å². The molecule has 0 saturated heterocycles. The van der Waals surface area contributed by atoms with Gasteiger partial charge in [0.25, 0.3) is 0 Å². The second kappa shape index (κ2) is 5.97. The second-order valence-electron chi connectivity index (χ2n) is 2.50. The highest BCUT2D eigenvalue weighted by atomic mass is 32.1. The SMILES string of the molecule is C[C@@H](N)CN[C@@H](CN)CS. The zero-order valence-electron chi connectivity index (χ0n) is 6.38. The van der Waals surface area contributed by atoms with Gasteiger partial charge in [-0.15, -0.1) is 0 Å². The van der Waals surface area contributed by atoms with Crippen molar-refractivity contribution in [1.82, 2.24) is 5.32 Å². The van der Waals surface area contributed by atoms with Crippen molar-refractivity contribution >= 4 is 12.6 Å². The van der Waals surface area contributed by atoms with Crippen LogP contribution in [-0.4, -0.2) is 30.9 Å². The normalized spacial score (nSPS) is 16.8. The number of rotatable bonds is 5.